The number of oxazole rings is 1. The van der Waals surface area contributed by atoms with Crippen LogP contribution in [0.3, 0.4) is 0 Å². The number of aliphatic hydroxyl groups is 1. The standard InChI is InChI=1S/C28H34N4O4/c1-19-27(36-18-30-19)17-35-26-9-8-22-15-32(11-10-20(22)13-26)16-25(33)14-29-28(34)21-4-2-7-24(12-21)31-23-5-3-6-23/h2,4,7-9,12-13,18,23,25,31,33H,3,5-6,10-11,14-17H2,1H3,(H,29,34). The van der Waals surface area contributed by atoms with Gasteiger partial charge in [0.1, 0.15) is 12.4 Å². The van der Waals surface area contributed by atoms with Crippen LogP contribution in [-0.2, 0) is 19.6 Å². The van der Waals surface area contributed by atoms with E-state index in [1.54, 1.807) is 6.07 Å². The van der Waals surface area contributed by atoms with E-state index < -0.39 is 6.10 Å². The molecule has 190 valence electrons. The minimum Gasteiger partial charge on any atom is -0.486 e. The van der Waals surface area contributed by atoms with Gasteiger partial charge in [0.25, 0.3) is 5.91 Å². The average Bonchev–Trinajstić information content (AvgIpc) is 3.28. The van der Waals surface area contributed by atoms with Crippen LogP contribution in [0.4, 0.5) is 5.69 Å². The van der Waals surface area contributed by atoms with Crippen molar-refractivity contribution in [2.24, 2.45) is 0 Å². The molecule has 0 spiro atoms. The molecule has 1 amide bonds. The molecular weight excluding hydrogens is 456 g/mol. The van der Waals surface area contributed by atoms with E-state index in [2.05, 4.69) is 32.7 Å². The Labute approximate surface area is 211 Å². The molecule has 3 N–H and O–H groups in total. The Morgan fingerprint density at radius 1 is 1.25 bits per heavy atom. The van der Waals surface area contributed by atoms with Crippen molar-refractivity contribution in [1.29, 1.82) is 0 Å². The number of nitrogens with zero attached hydrogens (tertiary/aromatic N) is 2. The number of β-amino-alcohol motifs (C(OH)–C–C–N with tert-alkyl or cyclic N) is 1. The summed E-state index contributed by atoms with van der Waals surface area (Å²) < 4.78 is 11.2. The highest BCUT2D eigenvalue weighted by atomic mass is 16.5. The molecule has 1 aliphatic heterocycles. The van der Waals surface area contributed by atoms with E-state index in [0.717, 1.165) is 42.4 Å². The van der Waals surface area contributed by atoms with Gasteiger partial charge in [-0.05, 0) is 74.1 Å². The molecule has 5 rings (SSSR count). The van der Waals surface area contributed by atoms with Gasteiger partial charge in [-0.15, -0.1) is 0 Å². The second kappa shape index (κ2) is 11.1. The number of hydrogen-bond acceptors (Lipinski definition) is 7. The fourth-order valence-electron chi connectivity index (χ4n) is 4.66. The number of anilines is 1. The van der Waals surface area contributed by atoms with Gasteiger partial charge in [-0.2, -0.15) is 0 Å². The molecule has 2 heterocycles. The van der Waals surface area contributed by atoms with Gasteiger partial charge >= 0.3 is 0 Å². The minimum atomic E-state index is -0.639. The van der Waals surface area contributed by atoms with Crippen molar-refractivity contribution in [2.45, 2.75) is 57.9 Å². The molecule has 0 radical (unpaired) electrons. The van der Waals surface area contributed by atoms with Crippen LogP contribution in [0.1, 0.15) is 52.2 Å². The van der Waals surface area contributed by atoms with Crippen molar-refractivity contribution in [1.82, 2.24) is 15.2 Å². The van der Waals surface area contributed by atoms with Crippen molar-refractivity contribution in [3.63, 3.8) is 0 Å². The van der Waals surface area contributed by atoms with Crippen molar-refractivity contribution in [3.05, 3.63) is 77.0 Å². The second-order valence-electron chi connectivity index (χ2n) is 9.78. The first-order valence-corrected chi connectivity index (χ1v) is 12.7. The van der Waals surface area contributed by atoms with E-state index in [1.807, 2.05) is 31.2 Å². The van der Waals surface area contributed by atoms with E-state index in [0.29, 0.717) is 24.8 Å². The number of rotatable bonds is 10. The van der Waals surface area contributed by atoms with Crippen LogP contribution in [0.25, 0.3) is 0 Å². The molecule has 2 aliphatic rings. The lowest BCUT2D eigenvalue weighted by Gasteiger charge is -2.30. The van der Waals surface area contributed by atoms with Gasteiger partial charge in [-0.25, -0.2) is 4.98 Å². The van der Waals surface area contributed by atoms with Crippen LogP contribution in [-0.4, -0.2) is 52.7 Å². The Kier molecular flexibility index (Phi) is 7.53. The number of aromatic nitrogens is 1. The van der Waals surface area contributed by atoms with Crippen molar-refractivity contribution in [2.75, 3.05) is 25.0 Å². The molecule has 1 unspecified atom stereocenters. The van der Waals surface area contributed by atoms with Crippen LogP contribution >= 0.6 is 0 Å². The Morgan fingerprint density at radius 3 is 2.92 bits per heavy atom. The summed E-state index contributed by atoms with van der Waals surface area (Å²) in [6.07, 6.45) is 5.30. The quantitative estimate of drug-likeness (QED) is 0.399. The molecule has 36 heavy (non-hydrogen) atoms. The van der Waals surface area contributed by atoms with Crippen LogP contribution in [0, 0.1) is 6.92 Å². The SMILES string of the molecule is Cc1ncoc1COc1ccc2c(c1)CCN(CC(O)CNC(=O)c1cccc(NC3CCC3)c1)C2. The normalized spacial score (nSPS) is 16.6. The molecule has 2 aromatic carbocycles. The van der Waals surface area contributed by atoms with Gasteiger partial charge < -0.3 is 24.9 Å². The number of hydrogen-bond donors (Lipinski definition) is 3. The summed E-state index contributed by atoms with van der Waals surface area (Å²) in [5.41, 5.74) is 4.91. The smallest absolute Gasteiger partial charge is 0.251 e. The molecule has 1 fully saturated rings. The lowest BCUT2D eigenvalue weighted by Crippen LogP contribution is -2.42. The highest BCUT2D eigenvalue weighted by molar-refractivity contribution is 5.95. The first-order valence-electron chi connectivity index (χ1n) is 12.7. The maximum Gasteiger partial charge on any atom is 0.251 e. The molecule has 0 saturated heterocycles. The maximum absolute atomic E-state index is 12.6. The van der Waals surface area contributed by atoms with E-state index in [4.69, 9.17) is 9.15 Å². The summed E-state index contributed by atoms with van der Waals surface area (Å²) in [5, 5.41) is 16.9. The molecule has 0 bridgehead atoms. The number of aryl methyl sites for hydroxylation is 1. The van der Waals surface area contributed by atoms with Gasteiger partial charge in [-0.1, -0.05) is 12.1 Å². The van der Waals surface area contributed by atoms with Gasteiger partial charge in [-0.3, -0.25) is 9.69 Å². The van der Waals surface area contributed by atoms with Crippen molar-refractivity contribution >= 4 is 11.6 Å². The monoisotopic (exact) mass is 490 g/mol. The number of aliphatic hydroxyl groups excluding tert-OH is 1. The van der Waals surface area contributed by atoms with E-state index >= 15 is 0 Å². The first-order chi connectivity index (χ1) is 17.5. The minimum absolute atomic E-state index is 0.164. The maximum atomic E-state index is 12.6. The molecule has 1 saturated carbocycles. The Bertz CT molecular complexity index is 1190. The second-order valence-corrected chi connectivity index (χ2v) is 9.78. The number of carbonyl (C=O) groups is 1. The summed E-state index contributed by atoms with van der Waals surface area (Å²) in [7, 11) is 0. The van der Waals surface area contributed by atoms with Crippen molar-refractivity contribution in [3.8, 4) is 5.75 Å². The zero-order chi connectivity index (χ0) is 24.9. The summed E-state index contributed by atoms with van der Waals surface area (Å²) in [6, 6.07) is 14.2. The Hall–Kier alpha value is -3.36. The fourth-order valence-corrected chi connectivity index (χ4v) is 4.66. The summed E-state index contributed by atoms with van der Waals surface area (Å²) in [6.45, 7) is 4.59. The van der Waals surface area contributed by atoms with Crippen LogP contribution in [0.2, 0.25) is 0 Å². The van der Waals surface area contributed by atoms with E-state index in [9.17, 15) is 9.90 Å². The predicted octanol–water partition coefficient (Wildman–Crippen LogP) is 3.68. The number of ether oxygens (including phenoxy) is 1. The van der Waals surface area contributed by atoms with Gasteiger partial charge in [0.05, 0.1) is 11.8 Å². The molecule has 1 aliphatic carbocycles. The zero-order valence-electron chi connectivity index (χ0n) is 20.7. The molecule has 8 heteroatoms. The summed E-state index contributed by atoms with van der Waals surface area (Å²) in [5.74, 6) is 1.38. The molecule has 1 atom stereocenters. The van der Waals surface area contributed by atoms with Gasteiger partial charge in [0.15, 0.2) is 12.2 Å². The number of amides is 1. The zero-order valence-corrected chi connectivity index (χ0v) is 20.7. The number of benzene rings is 2. The lowest BCUT2D eigenvalue weighted by atomic mass is 9.93. The van der Waals surface area contributed by atoms with Crippen molar-refractivity contribution < 1.29 is 19.1 Å². The fraction of sp³-hybridized carbons (Fsp3) is 0.429. The van der Waals surface area contributed by atoms with Crippen LogP contribution in [0.15, 0.2) is 53.3 Å². The number of fused-ring (bicyclic) bond motifs is 1. The molecular formula is C28H34N4O4. The Morgan fingerprint density at radius 2 is 2.14 bits per heavy atom. The largest absolute Gasteiger partial charge is 0.486 e. The molecule has 1 aromatic heterocycles. The Balaban J connectivity index is 1.07. The number of carbonyl (C=O) groups excluding carboxylic acids is 1. The third-order valence-corrected chi connectivity index (χ3v) is 7.05. The van der Waals surface area contributed by atoms with Crippen LogP contribution < -0.4 is 15.4 Å². The van der Waals surface area contributed by atoms with Gasteiger partial charge in [0, 0.05) is 43.5 Å². The first kappa shape index (κ1) is 24.3. The molecule has 3 aromatic rings. The predicted molar refractivity (Wildman–Crippen MR) is 137 cm³/mol. The lowest BCUT2D eigenvalue weighted by molar-refractivity contribution is 0.0841. The van der Waals surface area contributed by atoms with E-state index in [-0.39, 0.29) is 12.5 Å². The highest BCUT2D eigenvalue weighted by Gasteiger charge is 2.21. The summed E-state index contributed by atoms with van der Waals surface area (Å²) >= 11 is 0. The number of nitrogens with one attached hydrogen (secondary N) is 2. The van der Waals surface area contributed by atoms with E-state index in [1.165, 1.54) is 36.8 Å². The molecule has 8 nitrogen and oxygen atoms in total. The third kappa shape index (κ3) is 6.06. The topological polar surface area (TPSA) is 99.9 Å². The van der Waals surface area contributed by atoms with Gasteiger partial charge in [0.2, 0.25) is 0 Å². The van der Waals surface area contributed by atoms with Crippen LogP contribution in [0.5, 0.6) is 5.75 Å². The third-order valence-electron chi connectivity index (χ3n) is 7.05. The highest BCUT2D eigenvalue weighted by Crippen LogP contribution is 2.25. The summed E-state index contributed by atoms with van der Waals surface area (Å²) in [4.78, 5) is 18.9. The average molecular weight is 491 g/mol.